The number of carbonyl (C=O) groups excluding carboxylic acids is 1. The van der Waals surface area contributed by atoms with Crippen LogP contribution in [0.25, 0.3) is 0 Å². The second-order valence-electron chi connectivity index (χ2n) is 4.47. The third kappa shape index (κ3) is 3.70. The zero-order valence-electron chi connectivity index (χ0n) is 10.4. The number of carbonyl (C=O) groups is 1. The number of esters is 1. The van der Waals surface area contributed by atoms with Crippen LogP contribution in [0.4, 0.5) is 0 Å². The Balaban J connectivity index is 1.83. The molecule has 1 aromatic carbocycles. The molecule has 1 saturated heterocycles. The van der Waals surface area contributed by atoms with Gasteiger partial charge < -0.3 is 9.47 Å². The quantitative estimate of drug-likeness (QED) is 0.605. The predicted molar refractivity (Wildman–Crippen MR) is 69.0 cm³/mol. The first kappa shape index (κ1) is 12.8. The van der Waals surface area contributed by atoms with Gasteiger partial charge in [0.05, 0.1) is 6.61 Å². The minimum Gasteiger partial charge on any atom is -0.432 e. The van der Waals surface area contributed by atoms with E-state index in [0.29, 0.717) is 18.6 Å². The summed E-state index contributed by atoms with van der Waals surface area (Å²) in [6.45, 7) is 4.46. The summed E-state index contributed by atoms with van der Waals surface area (Å²) < 4.78 is 10.6. The van der Waals surface area contributed by atoms with Gasteiger partial charge in [-0.25, -0.2) is 4.79 Å². The Hall–Kier alpha value is -1.61. The van der Waals surface area contributed by atoms with E-state index in [1.54, 1.807) is 0 Å². The number of hydrogen-bond donors (Lipinski definition) is 0. The van der Waals surface area contributed by atoms with E-state index in [-0.39, 0.29) is 5.97 Å². The summed E-state index contributed by atoms with van der Waals surface area (Å²) in [6, 6.07) is 9.77. The van der Waals surface area contributed by atoms with E-state index >= 15 is 0 Å². The zero-order valence-corrected chi connectivity index (χ0v) is 10.4. The van der Waals surface area contributed by atoms with Gasteiger partial charge in [0.2, 0.25) is 6.29 Å². The third-order valence-electron chi connectivity index (χ3n) is 2.93. The van der Waals surface area contributed by atoms with Crippen LogP contribution in [0.3, 0.4) is 0 Å². The molecule has 0 saturated carbocycles. The van der Waals surface area contributed by atoms with Gasteiger partial charge in [0, 0.05) is 18.4 Å². The van der Waals surface area contributed by atoms with Gasteiger partial charge in [-0.1, -0.05) is 36.9 Å². The van der Waals surface area contributed by atoms with Gasteiger partial charge in [0.15, 0.2) is 0 Å². The van der Waals surface area contributed by atoms with Crippen LogP contribution in [0.5, 0.6) is 0 Å². The first-order valence-electron chi connectivity index (χ1n) is 6.30. The van der Waals surface area contributed by atoms with Crippen LogP contribution in [-0.4, -0.2) is 18.9 Å². The lowest BCUT2D eigenvalue weighted by Crippen LogP contribution is -2.26. The average Bonchev–Trinajstić information content (AvgIpc) is 2.41. The number of ether oxygens (including phenoxy) is 2. The molecule has 1 atom stereocenters. The van der Waals surface area contributed by atoms with Crippen molar-refractivity contribution in [3.05, 3.63) is 48.0 Å². The smallest absolute Gasteiger partial charge is 0.336 e. The monoisotopic (exact) mass is 246 g/mol. The highest BCUT2D eigenvalue weighted by Crippen LogP contribution is 2.16. The molecule has 2 rings (SSSR count). The SMILES string of the molecule is C=C(Cc1ccccc1)C(=O)OC1CCCCO1. The molecule has 0 bridgehead atoms. The largest absolute Gasteiger partial charge is 0.432 e. The highest BCUT2D eigenvalue weighted by atomic mass is 16.7. The van der Waals surface area contributed by atoms with Gasteiger partial charge in [-0.15, -0.1) is 0 Å². The maximum atomic E-state index is 11.8. The highest BCUT2D eigenvalue weighted by molar-refractivity contribution is 5.88. The number of hydrogen-bond acceptors (Lipinski definition) is 3. The Morgan fingerprint density at radius 1 is 1.33 bits per heavy atom. The Labute approximate surface area is 107 Å². The fourth-order valence-corrected chi connectivity index (χ4v) is 1.92. The first-order chi connectivity index (χ1) is 8.75. The molecular formula is C15H18O3. The molecule has 18 heavy (non-hydrogen) atoms. The van der Waals surface area contributed by atoms with Gasteiger partial charge in [-0.05, 0) is 18.4 Å². The summed E-state index contributed by atoms with van der Waals surface area (Å²) in [5, 5.41) is 0. The molecule has 1 heterocycles. The summed E-state index contributed by atoms with van der Waals surface area (Å²) in [7, 11) is 0. The van der Waals surface area contributed by atoms with E-state index in [4.69, 9.17) is 9.47 Å². The fraction of sp³-hybridized carbons (Fsp3) is 0.400. The minimum absolute atomic E-state index is 0.356. The molecule has 0 aliphatic carbocycles. The lowest BCUT2D eigenvalue weighted by atomic mass is 10.1. The maximum absolute atomic E-state index is 11.8. The van der Waals surface area contributed by atoms with Crippen molar-refractivity contribution >= 4 is 5.97 Å². The lowest BCUT2D eigenvalue weighted by Gasteiger charge is -2.22. The fourth-order valence-electron chi connectivity index (χ4n) is 1.92. The van der Waals surface area contributed by atoms with E-state index in [1.807, 2.05) is 30.3 Å². The van der Waals surface area contributed by atoms with Crippen molar-refractivity contribution < 1.29 is 14.3 Å². The third-order valence-corrected chi connectivity index (χ3v) is 2.93. The van der Waals surface area contributed by atoms with Gasteiger partial charge in [0.1, 0.15) is 0 Å². The van der Waals surface area contributed by atoms with E-state index < -0.39 is 6.29 Å². The molecule has 0 radical (unpaired) electrons. The molecule has 1 unspecified atom stereocenters. The summed E-state index contributed by atoms with van der Waals surface area (Å²) in [6.07, 6.45) is 3.00. The van der Waals surface area contributed by atoms with Crippen molar-refractivity contribution in [2.24, 2.45) is 0 Å². The summed E-state index contributed by atoms with van der Waals surface area (Å²) in [4.78, 5) is 11.8. The first-order valence-corrected chi connectivity index (χ1v) is 6.30. The Kier molecular flexibility index (Phi) is 4.53. The highest BCUT2D eigenvalue weighted by Gasteiger charge is 2.19. The normalized spacial score (nSPS) is 19.2. The van der Waals surface area contributed by atoms with Crippen molar-refractivity contribution in [1.82, 2.24) is 0 Å². The molecule has 3 heteroatoms. The summed E-state index contributed by atoms with van der Waals surface area (Å²) in [5.41, 5.74) is 1.53. The molecule has 1 fully saturated rings. The van der Waals surface area contributed by atoms with Gasteiger partial charge >= 0.3 is 5.97 Å². The minimum atomic E-state index is -0.390. The van der Waals surface area contributed by atoms with Gasteiger partial charge in [-0.2, -0.15) is 0 Å². The molecule has 96 valence electrons. The molecule has 0 spiro atoms. The summed E-state index contributed by atoms with van der Waals surface area (Å²) in [5.74, 6) is -0.356. The number of benzene rings is 1. The van der Waals surface area contributed by atoms with Crippen molar-refractivity contribution in [3.8, 4) is 0 Å². The van der Waals surface area contributed by atoms with Crippen LogP contribution in [0, 0.1) is 0 Å². The second kappa shape index (κ2) is 6.36. The second-order valence-corrected chi connectivity index (χ2v) is 4.47. The van der Waals surface area contributed by atoms with E-state index in [1.165, 1.54) is 0 Å². The van der Waals surface area contributed by atoms with Gasteiger partial charge in [-0.3, -0.25) is 0 Å². The van der Waals surface area contributed by atoms with Crippen LogP contribution >= 0.6 is 0 Å². The number of rotatable bonds is 4. The van der Waals surface area contributed by atoms with Crippen LogP contribution in [-0.2, 0) is 20.7 Å². The molecule has 0 aromatic heterocycles. The molecule has 1 aliphatic heterocycles. The van der Waals surface area contributed by atoms with Crippen LogP contribution < -0.4 is 0 Å². The van der Waals surface area contributed by atoms with E-state index in [2.05, 4.69) is 6.58 Å². The molecule has 1 aliphatic rings. The molecule has 0 amide bonds. The molecule has 0 N–H and O–H groups in total. The van der Waals surface area contributed by atoms with Crippen LogP contribution in [0.2, 0.25) is 0 Å². The predicted octanol–water partition coefficient (Wildman–Crippen LogP) is 2.86. The zero-order chi connectivity index (χ0) is 12.8. The standard InChI is InChI=1S/C15H18O3/c1-12(11-13-7-3-2-4-8-13)15(16)18-14-9-5-6-10-17-14/h2-4,7-8,14H,1,5-6,9-11H2. The van der Waals surface area contributed by atoms with Crippen molar-refractivity contribution in [2.45, 2.75) is 32.0 Å². The van der Waals surface area contributed by atoms with Crippen molar-refractivity contribution in [2.75, 3.05) is 6.61 Å². The van der Waals surface area contributed by atoms with Crippen LogP contribution in [0.1, 0.15) is 24.8 Å². The van der Waals surface area contributed by atoms with Crippen molar-refractivity contribution in [1.29, 1.82) is 0 Å². The Bertz CT molecular complexity index is 405. The van der Waals surface area contributed by atoms with Gasteiger partial charge in [0.25, 0.3) is 0 Å². The summed E-state index contributed by atoms with van der Waals surface area (Å²) >= 11 is 0. The maximum Gasteiger partial charge on any atom is 0.336 e. The molecular weight excluding hydrogens is 228 g/mol. The molecule has 1 aromatic rings. The lowest BCUT2D eigenvalue weighted by molar-refractivity contribution is -0.182. The molecule has 3 nitrogen and oxygen atoms in total. The topological polar surface area (TPSA) is 35.5 Å². The van der Waals surface area contributed by atoms with E-state index in [0.717, 1.165) is 24.8 Å². The van der Waals surface area contributed by atoms with Crippen molar-refractivity contribution in [3.63, 3.8) is 0 Å². The average molecular weight is 246 g/mol. The van der Waals surface area contributed by atoms with E-state index in [9.17, 15) is 4.79 Å². The Morgan fingerprint density at radius 2 is 2.11 bits per heavy atom. The van der Waals surface area contributed by atoms with Crippen LogP contribution in [0.15, 0.2) is 42.5 Å². The Morgan fingerprint density at radius 3 is 2.78 bits per heavy atom.